The highest BCUT2D eigenvalue weighted by molar-refractivity contribution is 8.13. The molecule has 2 aliphatic heterocycles. The largest absolute Gasteiger partial charge is 0.298 e. The molecule has 5 nitrogen and oxygen atoms in total. The molecule has 1 atom stereocenters. The third-order valence-electron chi connectivity index (χ3n) is 4.27. The van der Waals surface area contributed by atoms with Crippen molar-refractivity contribution in [2.75, 3.05) is 5.75 Å². The summed E-state index contributed by atoms with van der Waals surface area (Å²) in [5, 5.41) is 11.8. The van der Waals surface area contributed by atoms with Crippen LogP contribution in [0.3, 0.4) is 0 Å². The summed E-state index contributed by atoms with van der Waals surface area (Å²) < 4.78 is 0. The van der Waals surface area contributed by atoms with Gasteiger partial charge >= 0.3 is 0 Å². The van der Waals surface area contributed by atoms with E-state index in [9.17, 15) is 4.79 Å². The molecule has 0 spiro atoms. The quantitative estimate of drug-likeness (QED) is 0.825. The first-order valence-corrected chi connectivity index (χ1v) is 10.5. The number of nitrogens with zero attached hydrogens (tertiary/aromatic N) is 3. The fourth-order valence-corrected chi connectivity index (χ4v) is 4.82. The van der Waals surface area contributed by atoms with Crippen molar-refractivity contribution in [1.82, 2.24) is 10.3 Å². The molecular weight excluding hydrogens is 364 g/mol. The van der Waals surface area contributed by atoms with Gasteiger partial charge in [-0.1, -0.05) is 43.3 Å². The number of amides is 1. The number of nitrogens with one attached hydrogen (secondary N) is 1. The van der Waals surface area contributed by atoms with E-state index in [0.717, 1.165) is 34.0 Å². The highest BCUT2D eigenvalue weighted by atomic mass is 32.2. The second kappa shape index (κ2) is 7.25. The van der Waals surface area contributed by atoms with E-state index in [2.05, 4.69) is 31.3 Å². The SMILES string of the molecule is CCCCSC1=NN2C(=c3ccccc3=NC2c2ccc(C)s2)C(=O)N1. The number of fused-ring (bicyclic) bond motifs is 2. The summed E-state index contributed by atoms with van der Waals surface area (Å²) >= 11 is 3.28. The second-order valence-electron chi connectivity index (χ2n) is 6.22. The van der Waals surface area contributed by atoms with Crippen molar-refractivity contribution in [3.05, 3.63) is 56.7 Å². The Morgan fingerprint density at radius 1 is 1.27 bits per heavy atom. The third-order valence-corrected chi connectivity index (χ3v) is 6.26. The van der Waals surface area contributed by atoms with Gasteiger partial charge in [0.2, 0.25) is 0 Å². The van der Waals surface area contributed by atoms with Crippen molar-refractivity contribution < 1.29 is 4.79 Å². The Labute approximate surface area is 160 Å². The molecule has 0 saturated heterocycles. The molecule has 2 aromatic rings. The van der Waals surface area contributed by atoms with E-state index in [1.165, 1.54) is 4.88 Å². The molecular formula is C19H20N4OS2. The lowest BCUT2D eigenvalue weighted by Crippen LogP contribution is -2.50. The van der Waals surface area contributed by atoms with Gasteiger partial charge in [0.1, 0.15) is 5.70 Å². The maximum absolute atomic E-state index is 12.9. The zero-order valence-corrected chi connectivity index (χ0v) is 16.4. The molecule has 0 radical (unpaired) electrons. The lowest BCUT2D eigenvalue weighted by atomic mass is 10.1. The number of para-hydroxylation sites is 1. The Bertz CT molecular complexity index is 995. The minimum absolute atomic E-state index is 0.111. The highest BCUT2D eigenvalue weighted by Crippen LogP contribution is 2.34. The van der Waals surface area contributed by atoms with E-state index in [-0.39, 0.29) is 12.1 Å². The Morgan fingerprint density at radius 2 is 2.12 bits per heavy atom. The molecule has 0 bridgehead atoms. The molecule has 1 aromatic heterocycles. The van der Waals surface area contributed by atoms with Crippen molar-refractivity contribution in [3.8, 4) is 0 Å². The molecule has 1 aromatic carbocycles. The molecule has 4 rings (SSSR count). The number of carbonyl (C=O) groups is 1. The fourth-order valence-electron chi connectivity index (χ4n) is 2.98. The van der Waals surface area contributed by atoms with Gasteiger partial charge in [-0.25, -0.2) is 5.01 Å². The summed E-state index contributed by atoms with van der Waals surface area (Å²) in [6, 6.07) is 11.9. The van der Waals surface area contributed by atoms with Crippen LogP contribution < -0.4 is 15.9 Å². The van der Waals surface area contributed by atoms with Crippen molar-refractivity contribution in [2.24, 2.45) is 10.1 Å². The van der Waals surface area contributed by atoms with Crippen LogP contribution in [0.25, 0.3) is 5.70 Å². The van der Waals surface area contributed by atoms with E-state index >= 15 is 0 Å². The van der Waals surface area contributed by atoms with Crippen LogP contribution in [0.15, 0.2) is 46.5 Å². The number of thiophene rings is 1. The number of rotatable bonds is 4. The number of unbranched alkanes of at least 4 members (excludes halogenated alkanes) is 1. The molecule has 0 saturated carbocycles. The predicted molar refractivity (Wildman–Crippen MR) is 107 cm³/mol. The molecule has 7 heteroatoms. The van der Waals surface area contributed by atoms with Gasteiger partial charge in [-0.3, -0.25) is 15.1 Å². The van der Waals surface area contributed by atoms with Gasteiger partial charge in [-0.15, -0.1) is 16.4 Å². The zero-order valence-electron chi connectivity index (χ0n) is 14.7. The summed E-state index contributed by atoms with van der Waals surface area (Å²) in [7, 11) is 0. The number of hydrazone groups is 1. The lowest BCUT2D eigenvalue weighted by molar-refractivity contribution is -0.116. The standard InChI is InChI=1S/C19H20N4OS2/c1-3-4-11-25-19-21-18(24)16-13-7-5-6-8-14(13)20-17(23(16)22-19)15-10-9-12(2)26-15/h5-10,17H,3-4,11H2,1-2H3,(H,21,22,24). The summed E-state index contributed by atoms with van der Waals surface area (Å²) in [5.41, 5.74) is 0.575. The number of thioether (sulfide) groups is 1. The Kier molecular flexibility index (Phi) is 4.82. The average Bonchev–Trinajstić information content (AvgIpc) is 3.07. The van der Waals surface area contributed by atoms with Crippen LogP contribution >= 0.6 is 23.1 Å². The Balaban J connectivity index is 1.83. The van der Waals surface area contributed by atoms with E-state index < -0.39 is 0 Å². The van der Waals surface area contributed by atoms with Crippen LogP contribution in [-0.4, -0.2) is 21.8 Å². The average molecular weight is 385 g/mol. The van der Waals surface area contributed by atoms with Crippen LogP contribution in [0.2, 0.25) is 0 Å². The van der Waals surface area contributed by atoms with Crippen molar-refractivity contribution in [3.63, 3.8) is 0 Å². The smallest absolute Gasteiger partial charge is 0.276 e. The monoisotopic (exact) mass is 384 g/mol. The van der Waals surface area contributed by atoms with Crippen LogP contribution in [0.4, 0.5) is 0 Å². The number of benzene rings is 1. The highest BCUT2D eigenvalue weighted by Gasteiger charge is 2.34. The van der Waals surface area contributed by atoms with Gasteiger partial charge < -0.3 is 0 Å². The maximum atomic E-state index is 12.9. The van der Waals surface area contributed by atoms with Crippen LogP contribution in [-0.2, 0) is 4.79 Å². The number of carbonyl (C=O) groups excluding carboxylic acids is 1. The first kappa shape index (κ1) is 17.3. The minimum atomic E-state index is -0.300. The molecule has 0 fully saturated rings. The van der Waals surface area contributed by atoms with Crippen molar-refractivity contribution >= 4 is 39.9 Å². The van der Waals surface area contributed by atoms with Crippen LogP contribution in [0.5, 0.6) is 0 Å². The third kappa shape index (κ3) is 3.17. The van der Waals surface area contributed by atoms with Gasteiger partial charge in [-0.05, 0) is 31.5 Å². The van der Waals surface area contributed by atoms with E-state index in [4.69, 9.17) is 10.1 Å². The molecule has 3 heterocycles. The van der Waals surface area contributed by atoms with Gasteiger partial charge in [0.25, 0.3) is 5.91 Å². The Hall–Kier alpha value is -2.12. The minimum Gasteiger partial charge on any atom is -0.298 e. The summed E-state index contributed by atoms with van der Waals surface area (Å²) in [4.78, 5) is 20.1. The lowest BCUT2D eigenvalue weighted by Gasteiger charge is -2.33. The summed E-state index contributed by atoms with van der Waals surface area (Å²) in [6.45, 7) is 4.23. The van der Waals surface area contributed by atoms with Gasteiger partial charge in [0, 0.05) is 15.8 Å². The first-order valence-electron chi connectivity index (χ1n) is 8.73. The number of aryl methyl sites for hydroxylation is 1. The molecule has 2 aliphatic rings. The zero-order chi connectivity index (χ0) is 18.1. The van der Waals surface area contributed by atoms with Gasteiger partial charge in [-0.2, -0.15) is 0 Å². The van der Waals surface area contributed by atoms with E-state index in [1.807, 2.05) is 24.3 Å². The number of hydrogen-bond acceptors (Lipinski definition) is 6. The molecule has 1 unspecified atom stereocenters. The predicted octanol–water partition coefficient (Wildman–Crippen LogP) is 2.73. The van der Waals surface area contributed by atoms with Gasteiger partial charge in [0.15, 0.2) is 11.3 Å². The molecule has 134 valence electrons. The Morgan fingerprint density at radius 3 is 2.88 bits per heavy atom. The summed E-state index contributed by atoms with van der Waals surface area (Å²) in [5.74, 6) is 0.828. The van der Waals surface area contributed by atoms with Gasteiger partial charge in [0.05, 0.1) is 10.2 Å². The number of hydrogen-bond donors (Lipinski definition) is 1. The van der Waals surface area contributed by atoms with E-state index in [1.54, 1.807) is 28.1 Å². The van der Waals surface area contributed by atoms with Crippen LogP contribution in [0.1, 0.15) is 35.7 Å². The maximum Gasteiger partial charge on any atom is 0.276 e. The molecule has 26 heavy (non-hydrogen) atoms. The molecule has 0 aliphatic carbocycles. The normalized spacial score (nSPS) is 18.6. The molecule has 1 N–H and O–H groups in total. The second-order valence-corrected chi connectivity index (χ2v) is 8.63. The summed E-state index contributed by atoms with van der Waals surface area (Å²) in [6.07, 6.45) is 1.91. The van der Waals surface area contributed by atoms with Crippen LogP contribution in [0, 0.1) is 6.92 Å². The topological polar surface area (TPSA) is 57.1 Å². The first-order chi connectivity index (χ1) is 12.7. The fraction of sp³-hybridized carbons (Fsp3) is 0.316. The number of amidine groups is 1. The van der Waals surface area contributed by atoms with E-state index in [0.29, 0.717) is 10.9 Å². The van der Waals surface area contributed by atoms with Crippen molar-refractivity contribution in [2.45, 2.75) is 32.9 Å². The van der Waals surface area contributed by atoms with Crippen molar-refractivity contribution in [1.29, 1.82) is 0 Å². The molecule has 1 amide bonds.